The van der Waals surface area contributed by atoms with Gasteiger partial charge in [-0.25, -0.2) is 19.0 Å². The van der Waals surface area contributed by atoms with Crippen LogP contribution in [-0.2, 0) is 5.41 Å². The number of aromatic nitrogens is 4. The molecule has 0 unspecified atom stereocenters. The van der Waals surface area contributed by atoms with Crippen molar-refractivity contribution in [2.45, 2.75) is 56.7 Å². The van der Waals surface area contributed by atoms with E-state index in [1.54, 1.807) is 30.8 Å². The van der Waals surface area contributed by atoms with E-state index in [4.69, 9.17) is 0 Å². The van der Waals surface area contributed by atoms with Crippen LogP contribution in [0.2, 0.25) is 0 Å². The Balaban J connectivity index is 1.34. The molecule has 0 amide bonds. The van der Waals surface area contributed by atoms with Gasteiger partial charge in [0.25, 0.3) is 0 Å². The van der Waals surface area contributed by atoms with Crippen molar-refractivity contribution < 1.29 is 9.50 Å². The highest BCUT2D eigenvalue weighted by Crippen LogP contribution is 2.68. The van der Waals surface area contributed by atoms with Gasteiger partial charge in [-0.05, 0) is 56.6 Å². The zero-order chi connectivity index (χ0) is 23.0. The van der Waals surface area contributed by atoms with Crippen molar-refractivity contribution in [2.75, 3.05) is 18.0 Å². The number of hydrogen-bond donors (Lipinski definition) is 1. The maximum Gasteiger partial charge on any atom is 0.159 e. The average Bonchev–Trinajstić information content (AvgIpc) is 3.26. The van der Waals surface area contributed by atoms with E-state index < -0.39 is 23.1 Å². The van der Waals surface area contributed by atoms with Crippen molar-refractivity contribution in [1.29, 1.82) is 5.26 Å². The van der Waals surface area contributed by atoms with Crippen LogP contribution in [-0.4, -0.2) is 49.7 Å². The highest BCUT2D eigenvalue weighted by molar-refractivity contribution is 5.81. The molecular formula is C25H27FN6O. The molecule has 2 atom stereocenters. The van der Waals surface area contributed by atoms with Crippen LogP contribution < -0.4 is 4.90 Å². The lowest BCUT2D eigenvalue weighted by Crippen LogP contribution is -2.41. The summed E-state index contributed by atoms with van der Waals surface area (Å²) in [6.45, 7) is 3.86. The Labute approximate surface area is 191 Å². The number of hydrogen-bond acceptors (Lipinski definition) is 6. The third-order valence-corrected chi connectivity index (χ3v) is 7.98. The summed E-state index contributed by atoms with van der Waals surface area (Å²) in [5, 5.41) is 25.8. The average molecular weight is 447 g/mol. The molecule has 2 aliphatic carbocycles. The Morgan fingerprint density at radius 1 is 1.15 bits per heavy atom. The fourth-order valence-corrected chi connectivity index (χ4v) is 5.85. The minimum absolute atomic E-state index is 0.182. The first-order chi connectivity index (χ1) is 15.7. The second-order valence-corrected chi connectivity index (χ2v) is 10.8. The van der Waals surface area contributed by atoms with E-state index in [1.165, 1.54) is 19.2 Å². The first-order valence-corrected chi connectivity index (χ1v) is 11.6. The molecule has 1 aromatic carbocycles. The molecule has 0 radical (unpaired) electrons. The number of aliphatic hydroxyl groups is 1. The summed E-state index contributed by atoms with van der Waals surface area (Å²) in [6, 6.07) is 10.5. The van der Waals surface area contributed by atoms with Crippen molar-refractivity contribution in [1.82, 2.24) is 19.7 Å². The minimum atomic E-state index is -1.13. The van der Waals surface area contributed by atoms with Crippen molar-refractivity contribution >= 4 is 16.7 Å². The van der Waals surface area contributed by atoms with Crippen LogP contribution in [0.3, 0.4) is 0 Å². The molecule has 2 aromatic heterocycles. The first-order valence-electron chi connectivity index (χ1n) is 11.6. The minimum Gasteiger partial charge on any atom is -0.390 e. The lowest BCUT2D eigenvalue weighted by Gasteiger charge is -2.44. The normalized spacial score (nSPS) is 25.2. The molecule has 1 saturated heterocycles. The van der Waals surface area contributed by atoms with Gasteiger partial charge in [0.2, 0.25) is 0 Å². The molecule has 1 N–H and O–H groups in total. The molecule has 1 spiro atoms. The van der Waals surface area contributed by atoms with Crippen molar-refractivity contribution in [2.24, 2.45) is 11.3 Å². The number of anilines is 1. The van der Waals surface area contributed by atoms with E-state index in [9.17, 15) is 14.8 Å². The Morgan fingerprint density at radius 3 is 2.58 bits per heavy atom. The van der Waals surface area contributed by atoms with Crippen LogP contribution in [0.5, 0.6) is 0 Å². The fourth-order valence-electron chi connectivity index (χ4n) is 5.85. The van der Waals surface area contributed by atoms with E-state index in [1.807, 2.05) is 11.0 Å². The summed E-state index contributed by atoms with van der Waals surface area (Å²) in [5.41, 5.74) is 0.837. The molecule has 1 aliphatic heterocycles. The summed E-state index contributed by atoms with van der Waals surface area (Å²) in [7, 11) is 0. The molecule has 0 bridgehead atoms. The lowest BCUT2D eigenvalue weighted by molar-refractivity contribution is -0.000243. The van der Waals surface area contributed by atoms with E-state index >= 15 is 0 Å². The molecule has 7 nitrogen and oxygen atoms in total. The highest BCUT2D eigenvalue weighted by Gasteiger charge is 2.62. The molecule has 6 rings (SSSR count). The van der Waals surface area contributed by atoms with Gasteiger partial charge in [0, 0.05) is 23.9 Å². The van der Waals surface area contributed by atoms with Crippen LogP contribution in [0.4, 0.5) is 10.2 Å². The third-order valence-electron chi connectivity index (χ3n) is 7.98. The van der Waals surface area contributed by atoms with E-state index in [-0.39, 0.29) is 6.54 Å². The van der Waals surface area contributed by atoms with E-state index in [0.717, 1.165) is 29.3 Å². The lowest BCUT2D eigenvalue weighted by atomic mass is 9.57. The quantitative estimate of drug-likeness (QED) is 0.657. The zero-order valence-electron chi connectivity index (χ0n) is 18.9. The summed E-state index contributed by atoms with van der Waals surface area (Å²) >= 11 is 0. The van der Waals surface area contributed by atoms with Gasteiger partial charge in [-0.15, -0.1) is 0 Å². The summed E-state index contributed by atoms with van der Waals surface area (Å²) in [5.74, 6) is 0.716. The Bertz CT molecular complexity index is 1280. The number of fused-ring (bicyclic) bond motifs is 1. The number of nitriles is 1. The number of halogens is 1. The van der Waals surface area contributed by atoms with Gasteiger partial charge in [-0.3, -0.25) is 0 Å². The SMILES string of the molecule is CC(C)(O)[C@@H]1CN(c2cc(-n3ncc4ccc(C5(C#N)CC6(CC6)C5)cc43)ncn2)C[C@@H]1F. The summed E-state index contributed by atoms with van der Waals surface area (Å²) in [4.78, 5) is 10.6. The van der Waals surface area contributed by atoms with Gasteiger partial charge < -0.3 is 10.0 Å². The number of nitrogens with zero attached hydrogens (tertiary/aromatic N) is 6. The van der Waals surface area contributed by atoms with Crippen molar-refractivity contribution in [3.8, 4) is 11.9 Å². The predicted octanol–water partition coefficient (Wildman–Crippen LogP) is 3.70. The number of benzene rings is 1. The van der Waals surface area contributed by atoms with E-state index in [0.29, 0.717) is 23.6 Å². The van der Waals surface area contributed by atoms with Crippen LogP contribution in [0.15, 0.2) is 36.8 Å². The van der Waals surface area contributed by atoms with Crippen LogP contribution in [0, 0.1) is 22.7 Å². The summed E-state index contributed by atoms with van der Waals surface area (Å²) in [6.07, 6.45) is 6.49. The predicted molar refractivity (Wildman–Crippen MR) is 122 cm³/mol. The monoisotopic (exact) mass is 446 g/mol. The summed E-state index contributed by atoms with van der Waals surface area (Å²) < 4.78 is 16.4. The molecule has 8 heteroatoms. The van der Waals surface area contributed by atoms with Crippen molar-refractivity contribution in [3.63, 3.8) is 0 Å². The molecule has 3 aromatic rings. The second kappa shape index (κ2) is 6.73. The van der Waals surface area contributed by atoms with Gasteiger partial charge in [-0.1, -0.05) is 12.1 Å². The number of alkyl halides is 1. The number of rotatable bonds is 4. The van der Waals surface area contributed by atoms with Crippen LogP contribution in [0.1, 0.15) is 45.1 Å². The van der Waals surface area contributed by atoms with Gasteiger partial charge in [-0.2, -0.15) is 10.4 Å². The maximum atomic E-state index is 14.6. The second-order valence-electron chi connectivity index (χ2n) is 10.8. The van der Waals surface area contributed by atoms with Gasteiger partial charge in [0.15, 0.2) is 5.82 Å². The smallest absolute Gasteiger partial charge is 0.159 e. The van der Waals surface area contributed by atoms with Gasteiger partial charge >= 0.3 is 0 Å². The molecular weight excluding hydrogens is 419 g/mol. The Hall–Kier alpha value is -3.05. The maximum absolute atomic E-state index is 14.6. The molecule has 33 heavy (non-hydrogen) atoms. The van der Waals surface area contributed by atoms with Crippen molar-refractivity contribution in [3.05, 3.63) is 42.4 Å². The molecule has 170 valence electrons. The van der Waals surface area contributed by atoms with Crippen LogP contribution in [0.25, 0.3) is 16.7 Å². The zero-order valence-corrected chi connectivity index (χ0v) is 18.9. The van der Waals surface area contributed by atoms with E-state index in [2.05, 4.69) is 33.3 Å². The standard InChI is InChI=1S/C25H27FN6O/c1-23(2,33)18-10-31(11-19(18)26)21-8-22(29-15-28-21)32-20-7-17(4-3-16(20)9-30-32)25(14-27)12-24(13-25)5-6-24/h3-4,7-9,15,18-19,33H,5-6,10-13H2,1-2H3/t18-,19+/m1/s1. The molecule has 3 fully saturated rings. The third kappa shape index (κ3) is 3.21. The Morgan fingerprint density at radius 2 is 1.91 bits per heavy atom. The Kier molecular flexibility index (Phi) is 4.19. The first kappa shape index (κ1) is 20.5. The highest BCUT2D eigenvalue weighted by atomic mass is 19.1. The van der Waals surface area contributed by atoms with Gasteiger partial charge in [0.05, 0.1) is 35.3 Å². The largest absolute Gasteiger partial charge is 0.390 e. The van der Waals surface area contributed by atoms with Crippen LogP contribution >= 0.6 is 0 Å². The van der Waals surface area contributed by atoms with Gasteiger partial charge in [0.1, 0.15) is 18.3 Å². The molecule has 3 heterocycles. The fraction of sp³-hybridized carbons (Fsp3) is 0.520. The topological polar surface area (TPSA) is 90.9 Å². The molecule has 3 aliphatic rings. The molecule has 2 saturated carbocycles.